The molecule has 0 aliphatic carbocycles. The Morgan fingerprint density at radius 3 is 2.10 bits per heavy atom. The van der Waals surface area contributed by atoms with Crippen LogP contribution in [0.25, 0.3) is 11.1 Å². The minimum Gasteiger partial charge on any atom is -0.481 e. The van der Waals surface area contributed by atoms with E-state index in [1.54, 1.807) is 0 Å². The van der Waals surface area contributed by atoms with Crippen molar-refractivity contribution in [1.29, 1.82) is 0 Å². The molecule has 110 valence electrons. The Hall–Kier alpha value is -2.09. The van der Waals surface area contributed by atoms with E-state index in [-0.39, 0.29) is 11.8 Å². The summed E-state index contributed by atoms with van der Waals surface area (Å²) in [6.07, 6.45) is 2.01. The average Bonchev–Trinajstić information content (AvgIpc) is 2.45. The molecular formula is C19H22O2. The van der Waals surface area contributed by atoms with E-state index in [0.29, 0.717) is 0 Å². The third-order valence-electron chi connectivity index (χ3n) is 3.78. The van der Waals surface area contributed by atoms with Gasteiger partial charge in [-0.2, -0.15) is 0 Å². The molecule has 0 saturated heterocycles. The van der Waals surface area contributed by atoms with Gasteiger partial charge >= 0.3 is 5.97 Å². The highest BCUT2D eigenvalue weighted by Crippen LogP contribution is 2.27. The predicted octanol–water partition coefficient (Wildman–Crippen LogP) is 4.79. The fourth-order valence-electron chi connectivity index (χ4n) is 2.47. The minimum absolute atomic E-state index is 0.163. The first kappa shape index (κ1) is 15.3. The predicted molar refractivity (Wildman–Crippen MR) is 86.2 cm³/mol. The summed E-state index contributed by atoms with van der Waals surface area (Å²) < 4.78 is 0. The van der Waals surface area contributed by atoms with Crippen LogP contribution in [-0.2, 0) is 11.2 Å². The number of hydrogen-bond donors (Lipinski definition) is 1. The molecule has 0 amide bonds. The second kappa shape index (κ2) is 6.57. The van der Waals surface area contributed by atoms with E-state index < -0.39 is 5.97 Å². The molecule has 2 rings (SSSR count). The van der Waals surface area contributed by atoms with Crippen LogP contribution >= 0.6 is 0 Å². The van der Waals surface area contributed by atoms with Gasteiger partial charge in [0.2, 0.25) is 0 Å². The van der Waals surface area contributed by atoms with Crippen LogP contribution in [0.5, 0.6) is 0 Å². The third kappa shape index (κ3) is 4.75. The summed E-state index contributed by atoms with van der Waals surface area (Å²) in [6.45, 7) is 4.03. The maximum Gasteiger partial charge on any atom is 0.303 e. The van der Waals surface area contributed by atoms with Crippen LogP contribution in [0.4, 0.5) is 0 Å². The Bertz CT molecular complexity index is 583. The summed E-state index contributed by atoms with van der Waals surface area (Å²) in [5, 5.41) is 8.91. The van der Waals surface area contributed by atoms with Crippen molar-refractivity contribution in [3.05, 3.63) is 60.2 Å². The molecule has 21 heavy (non-hydrogen) atoms. The topological polar surface area (TPSA) is 37.3 Å². The lowest BCUT2D eigenvalue weighted by molar-refractivity contribution is -0.139. The van der Waals surface area contributed by atoms with Crippen molar-refractivity contribution in [3.63, 3.8) is 0 Å². The lowest BCUT2D eigenvalue weighted by atomic mass is 9.83. The second-order valence-corrected chi connectivity index (χ2v) is 6.30. The van der Waals surface area contributed by atoms with Gasteiger partial charge in [0.25, 0.3) is 0 Å². The quantitative estimate of drug-likeness (QED) is 0.827. The zero-order valence-electron chi connectivity index (χ0n) is 12.7. The van der Waals surface area contributed by atoms with E-state index in [0.717, 1.165) is 12.8 Å². The molecule has 0 aliphatic rings. The van der Waals surface area contributed by atoms with Gasteiger partial charge in [0, 0.05) is 0 Å². The Morgan fingerprint density at radius 1 is 0.952 bits per heavy atom. The molecular weight excluding hydrogens is 260 g/mol. The van der Waals surface area contributed by atoms with E-state index in [4.69, 9.17) is 5.11 Å². The van der Waals surface area contributed by atoms with Gasteiger partial charge in [0.1, 0.15) is 0 Å². The molecule has 0 heterocycles. The first-order valence-electron chi connectivity index (χ1n) is 7.32. The van der Waals surface area contributed by atoms with Gasteiger partial charge < -0.3 is 5.11 Å². The van der Waals surface area contributed by atoms with Gasteiger partial charge in [0.15, 0.2) is 0 Å². The van der Waals surface area contributed by atoms with Gasteiger partial charge in [-0.1, -0.05) is 68.4 Å². The largest absolute Gasteiger partial charge is 0.481 e. The molecule has 0 atom stereocenters. The van der Waals surface area contributed by atoms with E-state index in [2.05, 4.69) is 36.4 Å². The van der Waals surface area contributed by atoms with Gasteiger partial charge in [0.05, 0.1) is 6.42 Å². The summed E-state index contributed by atoms with van der Waals surface area (Å²) >= 11 is 0. The van der Waals surface area contributed by atoms with Gasteiger partial charge in [-0.3, -0.25) is 4.79 Å². The minimum atomic E-state index is -0.723. The Kier molecular flexibility index (Phi) is 4.79. The molecule has 2 aromatic rings. The number of carboxylic acids is 1. The van der Waals surface area contributed by atoms with Crippen LogP contribution in [0.3, 0.4) is 0 Å². The van der Waals surface area contributed by atoms with Gasteiger partial charge in [-0.05, 0) is 34.9 Å². The number of rotatable bonds is 6. The Morgan fingerprint density at radius 2 is 1.52 bits per heavy atom. The monoisotopic (exact) mass is 282 g/mol. The number of carboxylic acid groups (broad SMARTS) is 1. The Labute approximate surface area is 126 Å². The van der Waals surface area contributed by atoms with Crippen molar-refractivity contribution in [3.8, 4) is 11.1 Å². The maximum absolute atomic E-state index is 10.8. The number of aliphatic carboxylic acids is 1. The third-order valence-corrected chi connectivity index (χ3v) is 3.78. The van der Waals surface area contributed by atoms with Crippen LogP contribution in [0.15, 0.2) is 54.6 Å². The second-order valence-electron chi connectivity index (χ2n) is 6.30. The summed E-state index contributed by atoms with van der Waals surface area (Å²) in [7, 11) is 0. The van der Waals surface area contributed by atoms with E-state index >= 15 is 0 Å². The van der Waals surface area contributed by atoms with Gasteiger partial charge in [-0.25, -0.2) is 0 Å². The highest BCUT2D eigenvalue weighted by Gasteiger charge is 2.21. The molecule has 0 unspecified atom stereocenters. The summed E-state index contributed by atoms with van der Waals surface area (Å²) in [6, 6.07) is 18.8. The molecule has 2 nitrogen and oxygen atoms in total. The van der Waals surface area contributed by atoms with Crippen molar-refractivity contribution in [2.24, 2.45) is 5.41 Å². The zero-order chi connectivity index (χ0) is 15.3. The SMILES string of the molecule is CC(C)(CCc1ccc(-c2ccccc2)cc1)CC(=O)O. The molecule has 0 aromatic heterocycles. The fraction of sp³-hybridized carbons (Fsp3) is 0.316. The smallest absolute Gasteiger partial charge is 0.303 e. The summed E-state index contributed by atoms with van der Waals surface area (Å²) in [5.74, 6) is -0.723. The first-order chi connectivity index (χ1) is 9.96. The number of benzene rings is 2. The van der Waals surface area contributed by atoms with Crippen LogP contribution in [-0.4, -0.2) is 11.1 Å². The van der Waals surface area contributed by atoms with Crippen LogP contribution in [0.1, 0.15) is 32.3 Å². The fourth-order valence-corrected chi connectivity index (χ4v) is 2.47. The molecule has 0 bridgehead atoms. The highest BCUT2D eigenvalue weighted by atomic mass is 16.4. The Balaban J connectivity index is 1.99. The van der Waals surface area contributed by atoms with Crippen molar-refractivity contribution < 1.29 is 9.90 Å². The summed E-state index contributed by atoms with van der Waals surface area (Å²) in [4.78, 5) is 10.8. The standard InChI is InChI=1S/C19H22O2/c1-19(2,14-18(20)21)13-12-15-8-10-17(11-9-15)16-6-4-3-5-7-16/h3-11H,12-14H2,1-2H3,(H,20,21). The molecule has 0 spiro atoms. The first-order valence-corrected chi connectivity index (χ1v) is 7.32. The molecule has 1 N–H and O–H groups in total. The molecule has 0 radical (unpaired) electrons. The molecule has 0 saturated carbocycles. The molecule has 2 aromatic carbocycles. The summed E-state index contributed by atoms with van der Waals surface area (Å²) in [5.41, 5.74) is 3.52. The van der Waals surface area contributed by atoms with Crippen molar-refractivity contribution >= 4 is 5.97 Å². The normalized spacial score (nSPS) is 11.3. The lowest BCUT2D eigenvalue weighted by Gasteiger charge is -2.22. The molecule has 0 aliphatic heterocycles. The molecule has 2 heteroatoms. The maximum atomic E-state index is 10.8. The van der Waals surface area contributed by atoms with Crippen LogP contribution < -0.4 is 0 Å². The van der Waals surface area contributed by atoms with Crippen molar-refractivity contribution in [2.45, 2.75) is 33.1 Å². The van der Waals surface area contributed by atoms with Crippen molar-refractivity contribution in [2.75, 3.05) is 0 Å². The van der Waals surface area contributed by atoms with Crippen molar-refractivity contribution in [1.82, 2.24) is 0 Å². The van der Waals surface area contributed by atoms with Crippen LogP contribution in [0.2, 0.25) is 0 Å². The van der Waals surface area contributed by atoms with E-state index in [1.165, 1.54) is 16.7 Å². The van der Waals surface area contributed by atoms with Crippen LogP contribution in [0, 0.1) is 5.41 Å². The zero-order valence-corrected chi connectivity index (χ0v) is 12.7. The van der Waals surface area contributed by atoms with E-state index in [9.17, 15) is 4.79 Å². The number of hydrogen-bond acceptors (Lipinski definition) is 1. The average molecular weight is 282 g/mol. The molecule has 0 fully saturated rings. The van der Waals surface area contributed by atoms with E-state index in [1.807, 2.05) is 32.0 Å². The van der Waals surface area contributed by atoms with Gasteiger partial charge in [-0.15, -0.1) is 0 Å². The number of carbonyl (C=O) groups is 1. The highest BCUT2D eigenvalue weighted by molar-refractivity contribution is 5.67. The number of aryl methyl sites for hydroxylation is 1. The lowest BCUT2D eigenvalue weighted by Crippen LogP contribution is -2.17.